The number of phenols is 1. The first-order valence-electron chi connectivity index (χ1n) is 10.0. The minimum atomic E-state index is 0.438. The van der Waals surface area contributed by atoms with E-state index in [-0.39, 0.29) is 0 Å². The predicted molar refractivity (Wildman–Crippen MR) is 112 cm³/mol. The molecule has 1 nitrogen and oxygen atoms in total. The third-order valence-electron chi connectivity index (χ3n) is 7.14. The highest BCUT2D eigenvalue weighted by Gasteiger charge is 2.55. The van der Waals surface area contributed by atoms with Crippen molar-refractivity contribution in [3.8, 4) is 5.75 Å². The maximum Gasteiger partial charge on any atom is 0.115 e. The molecule has 1 N–H and O–H groups in total. The fourth-order valence-corrected chi connectivity index (χ4v) is 9.07. The highest BCUT2D eigenvalue weighted by atomic mass is 32.2. The fourth-order valence-electron chi connectivity index (χ4n) is 5.62. The molecule has 1 heterocycles. The number of aryl methyl sites for hydroxylation is 1. The van der Waals surface area contributed by atoms with Gasteiger partial charge >= 0.3 is 0 Å². The SMILES string of the molecule is CC(C)CCC1CC2(C[C@@H]3c4ccc(O)cc4CC[C@@]13C)SCCS2. The van der Waals surface area contributed by atoms with E-state index < -0.39 is 0 Å². The van der Waals surface area contributed by atoms with Crippen molar-refractivity contribution in [1.29, 1.82) is 0 Å². The molecule has 3 aliphatic rings. The van der Waals surface area contributed by atoms with Gasteiger partial charge in [-0.15, -0.1) is 23.5 Å². The Bertz CT molecular complexity index is 635. The first kappa shape index (κ1) is 18.1. The third kappa shape index (κ3) is 3.25. The van der Waals surface area contributed by atoms with Crippen LogP contribution in [0.25, 0.3) is 0 Å². The molecule has 1 saturated carbocycles. The molecule has 1 aromatic rings. The lowest BCUT2D eigenvalue weighted by atomic mass is 9.53. The first-order chi connectivity index (χ1) is 11.9. The van der Waals surface area contributed by atoms with Crippen molar-refractivity contribution in [2.75, 3.05) is 11.5 Å². The topological polar surface area (TPSA) is 20.2 Å². The molecular weight excluding hydrogens is 344 g/mol. The molecule has 3 heteroatoms. The van der Waals surface area contributed by atoms with E-state index >= 15 is 0 Å². The standard InChI is InChI=1S/C22H32OS2/c1-15(2)4-5-17-13-22(24-10-11-25-22)14-20-19-7-6-18(23)12-16(19)8-9-21(17,20)3/h6-7,12,15,17,20,23H,4-5,8-11,13-14H2,1-3H3/t17?,20-,21+/m1/s1. The highest BCUT2D eigenvalue weighted by molar-refractivity contribution is 8.21. The Morgan fingerprint density at radius 1 is 1.20 bits per heavy atom. The zero-order valence-corrected chi connectivity index (χ0v) is 17.5. The first-order valence-corrected chi connectivity index (χ1v) is 12.0. The second kappa shape index (κ2) is 6.71. The highest BCUT2D eigenvalue weighted by Crippen LogP contribution is 2.66. The van der Waals surface area contributed by atoms with Crippen molar-refractivity contribution < 1.29 is 5.11 Å². The van der Waals surface area contributed by atoms with Crippen molar-refractivity contribution in [3.63, 3.8) is 0 Å². The van der Waals surface area contributed by atoms with Gasteiger partial charge in [-0.25, -0.2) is 0 Å². The second-order valence-corrected chi connectivity index (χ2v) is 12.3. The summed E-state index contributed by atoms with van der Waals surface area (Å²) in [6, 6.07) is 6.20. The normalized spacial score (nSPS) is 33.4. The molecule has 25 heavy (non-hydrogen) atoms. The van der Waals surface area contributed by atoms with Crippen LogP contribution in [0.4, 0.5) is 0 Å². The number of benzene rings is 1. The summed E-state index contributed by atoms with van der Waals surface area (Å²) in [4.78, 5) is 0. The van der Waals surface area contributed by atoms with Crippen LogP contribution in [0.3, 0.4) is 0 Å². The smallest absolute Gasteiger partial charge is 0.115 e. The minimum Gasteiger partial charge on any atom is -0.508 e. The summed E-state index contributed by atoms with van der Waals surface area (Å²) in [7, 11) is 0. The Morgan fingerprint density at radius 2 is 1.96 bits per heavy atom. The van der Waals surface area contributed by atoms with Crippen LogP contribution in [-0.4, -0.2) is 20.7 Å². The van der Waals surface area contributed by atoms with E-state index in [2.05, 4.69) is 50.4 Å². The molecule has 0 amide bonds. The van der Waals surface area contributed by atoms with Crippen molar-refractivity contribution in [2.45, 2.75) is 69.3 Å². The Kier molecular flexibility index (Phi) is 4.86. The van der Waals surface area contributed by atoms with Crippen LogP contribution in [-0.2, 0) is 6.42 Å². The lowest BCUT2D eigenvalue weighted by Crippen LogP contribution is -2.47. The molecule has 1 aromatic carbocycles. The van der Waals surface area contributed by atoms with E-state index in [9.17, 15) is 5.11 Å². The largest absolute Gasteiger partial charge is 0.508 e. The summed E-state index contributed by atoms with van der Waals surface area (Å²) in [6.07, 6.45) is 7.93. The summed E-state index contributed by atoms with van der Waals surface area (Å²) >= 11 is 4.50. The molecule has 1 unspecified atom stereocenters. The summed E-state index contributed by atoms with van der Waals surface area (Å²) in [5.41, 5.74) is 3.40. The van der Waals surface area contributed by atoms with Gasteiger partial charge in [0.1, 0.15) is 5.75 Å². The van der Waals surface area contributed by atoms with E-state index in [1.54, 1.807) is 5.56 Å². The molecule has 4 rings (SSSR count). The zero-order chi connectivity index (χ0) is 17.7. The minimum absolute atomic E-state index is 0.438. The van der Waals surface area contributed by atoms with E-state index in [4.69, 9.17) is 0 Å². The molecule has 2 fully saturated rings. The molecule has 1 saturated heterocycles. The van der Waals surface area contributed by atoms with Crippen molar-refractivity contribution >= 4 is 23.5 Å². The van der Waals surface area contributed by atoms with Crippen LogP contribution in [0, 0.1) is 17.3 Å². The fraction of sp³-hybridized carbons (Fsp3) is 0.727. The van der Waals surface area contributed by atoms with E-state index in [1.165, 1.54) is 49.2 Å². The summed E-state index contributed by atoms with van der Waals surface area (Å²) < 4.78 is 0.457. The van der Waals surface area contributed by atoms with Crippen molar-refractivity contribution in [1.82, 2.24) is 0 Å². The Balaban J connectivity index is 1.71. The molecule has 1 aliphatic heterocycles. The van der Waals surface area contributed by atoms with E-state index in [0.717, 1.165) is 18.3 Å². The number of hydrogen-bond acceptors (Lipinski definition) is 3. The van der Waals surface area contributed by atoms with Gasteiger partial charge in [-0.2, -0.15) is 0 Å². The Hall–Kier alpha value is -0.280. The quantitative estimate of drug-likeness (QED) is 0.654. The van der Waals surface area contributed by atoms with Gasteiger partial charge in [0.2, 0.25) is 0 Å². The molecule has 1 spiro atoms. The van der Waals surface area contributed by atoms with Gasteiger partial charge in [0, 0.05) is 11.5 Å². The maximum atomic E-state index is 9.94. The van der Waals surface area contributed by atoms with Gasteiger partial charge in [0.05, 0.1) is 4.08 Å². The van der Waals surface area contributed by atoms with E-state index in [0.29, 0.717) is 21.2 Å². The van der Waals surface area contributed by atoms with Gasteiger partial charge in [-0.3, -0.25) is 0 Å². The maximum absolute atomic E-state index is 9.94. The number of thioether (sulfide) groups is 2. The van der Waals surface area contributed by atoms with Gasteiger partial charge in [-0.1, -0.05) is 33.3 Å². The van der Waals surface area contributed by atoms with Crippen LogP contribution in [0.5, 0.6) is 5.75 Å². The number of fused-ring (bicyclic) bond motifs is 3. The van der Waals surface area contributed by atoms with Crippen LogP contribution in [0.1, 0.15) is 69.9 Å². The molecule has 0 radical (unpaired) electrons. The van der Waals surface area contributed by atoms with Crippen molar-refractivity contribution in [2.24, 2.45) is 17.3 Å². The monoisotopic (exact) mass is 376 g/mol. The van der Waals surface area contributed by atoms with Gasteiger partial charge in [0.25, 0.3) is 0 Å². The molecule has 0 aromatic heterocycles. The summed E-state index contributed by atoms with van der Waals surface area (Å²) in [6.45, 7) is 7.34. The average Bonchev–Trinajstić information content (AvgIpc) is 3.02. The number of phenolic OH excluding ortho intramolecular Hbond substituents is 1. The Morgan fingerprint density at radius 3 is 2.68 bits per heavy atom. The second-order valence-electron chi connectivity index (χ2n) is 9.13. The van der Waals surface area contributed by atoms with Crippen molar-refractivity contribution in [3.05, 3.63) is 29.3 Å². The summed E-state index contributed by atoms with van der Waals surface area (Å²) in [5, 5.41) is 9.94. The molecule has 138 valence electrons. The molecule has 0 bridgehead atoms. The molecule has 3 atom stereocenters. The predicted octanol–water partition coefficient (Wildman–Crippen LogP) is 6.45. The number of hydrogen-bond donors (Lipinski definition) is 1. The zero-order valence-electron chi connectivity index (χ0n) is 15.9. The summed E-state index contributed by atoms with van der Waals surface area (Å²) in [5.74, 6) is 5.40. The van der Waals surface area contributed by atoms with Crippen LogP contribution >= 0.6 is 23.5 Å². The van der Waals surface area contributed by atoms with Crippen LogP contribution in [0.15, 0.2) is 18.2 Å². The lowest BCUT2D eigenvalue weighted by molar-refractivity contribution is 0.0539. The average molecular weight is 377 g/mol. The lowest BCUT2D eigenvalue weighted by Gasteiger charge is -2.56. The van der Waals surface area contributed by atoms with Crippen LogP contribution in [0.2, 0.25) is 0 Å². The van der Waals surface area contributed by atoms with Gasteiger partial charge < -0.3 is 5.11 Å². The van der Waals surface area contributed by atoms with Gasteiger partial charge in [0.15, 0.2) is 0 Å². The van der Waals surface area contributed by atoms with E-state index in [1.807, 2.05) is 12.1 Å². The Labute approximate surface area is 161 Å². The third-order valence-corrected chi connectivity index (χ3v) is 10.6. The number of rotatable bonds is 3. The molecular formula is C22H32OS2. The van der Waals surface area contributed by atoms with Gasteiger partial charge in [-0.05, 0) is 78.5 Å². The van der Waals surface area contributed by atoms with Crippen LogP contribution < -0.4 is 0 Å². The number of aromatic hydroxyl groups is 1. The molecule has 2 aliphatic carbocycles.